The van der Waals surface area contributed by atoms with Crippen LogP contribution in [0.3, 0.4) is 0 Å². The van der Waals surface area contributed by atoms with Gasteiger partial charge in [-0.15, -0.1) is 0 Å². The average molecular weight is 367 g/mol. The van der Waals surface area contributed by atoms with Gasteiger partial charge in [-0.2, -0.15) is 0 Å². The molecule has 0 saturated heterocycles. The topological polar surface area (TPSA) is 83.6 Å². The number of aromatic nitrogens is 1. The molecule has 2 rings (SSSR count). The number of carboxylic acids is 1. The number of benzene rings is 1. The van der Waals surface area contributed by atoms with Crippen molar-refractivity contribution < 1.29 is 19.1 Å². The third-order valence-corrected chi connectivity index (χ3v) is 3.53. The van der Waals surface area contributed by atoms with E-state index < -0.39 is 18.4 Å². The summed E-state index contributed by atoms with van der Waals surface area (Å²) < 4.78 is 6.01. The number of nitrogens with zero attached hydrogens (tertiary/aromatic N) is 2. The second kappa shape index (κ2) is 7.22. The number of aliphatic carboxylic acids is 1. The molecule has 2 aromatic rings. The maximum atomic E-state index is 12.5. The van der Waals surface area contributed by atoms with E-state index in [1.165, 1.54) is 11.3 Å². The van der Waals surface area contributed by atoms with Crippen LogP contribution in [-0.4, -0.2) is 33.4 Å². The zero-order valence-electron chi connectivity index (χ0n) is 12.0. The molecule has 0 aliphatic rings. The molecule has 0 atom stereocenters. The minimum atomic E-state index is -1.08. The molecule has 6 nitrogen and oxygen atoms in total. The summed E-state index contributed by atoms with van der Waals surface area (Å²) in [6.45, 7) is 1.62. The summed E-state index contributed by atoms with van der Waals surface area (Å²) in [7, 11) is 0. The second-order valence-electron chi connectivity index (χ2n) is 4.66. The molecule has 0 aliphatic carbocycles. The van der Waals surface area contributed by atoms with Crippen molar-refractivity contribution in [2.45, 2.75) is 19.9 Å². The number of rotatable bonds is 6. The lowest BCUT2D eigenvalue weighted by atomic mass is 10.2. The minimum Gasteiger partial charge on any atom is -0.480 e. The van der Waals surface area contributed by atoms with E-state index in [0.717, 1.165) is 10.0 Å². The predicted molar refractivity (Wildman–Crippen MR) is 82.4 cm³/mol. The molecule has 1 N–H and O–H groups in total. The molecule has 1 amide bonds. The smallest absolute Gasteiger partial charge is 0.323 e. The number of amides is 1. The summed E-state index contributed by atoms with van der Waals surface area (Å²) in [6, 6.07) is 7.36. The summed E-state index contributed by atoms with van der Waals surface area (Å²) >= 11 is 3.35. The summed E-state index contributed by atoms with van der Waals surface area (Å²) in [5.41, 5.74) is 0.990. The Morgan fingerprint density at radius 1 is 1.41 bits per heavy atom. The van der Waals surface area contributed by atoms with Crippen LogP contribution >= 0.6 is 15.9 Å². The molecule has 0 aliphatic heterocycles. The number of hydrogen-bond acceptors (Lipinski definition) is 4. The molecule has 0 spiro atoms. The number of hydrogen-bond donors (Lipinski definition) is 1. The summed E-state index contributed by atoms with van der Waals surface area (Å²) in [5, 5.41) is 9.04. The van der Waals surface area contributed by atoms with Crippen LogP contribution in [0.25, 0.3) is 0 Å². The van der Waals surface area contributed by atoms with E-state index in [1.807, 2.05) is 31.2 Å². The van der Waals surface area contributed by atoms with Crippen LogP contribution in [0.15, 0.2) is 39.5 Å². The van der Waals surface area contributed by atoms with E-state index >= 15 is 0 Å². The van der Waals surface area contributed by atoms with Gasteiger partial charge in [-0.3, -0.25) is 9.59 Å². The minimum absolute atomic E-state index is 0.166. The lowest BCUT2D eigenvalue weighted by Crippen LogP contribution is -2.35. The van der Waals surface area contributed by atoms with Crippen LogP contribution in [0, 0.1) is 0 Å². The fourth-order valence-electron chi connectivity index (χ4n) is 2.06. The van der Waals surface area contributed by atoms with Gasteiger partial charge in [0.1, 0.15) is 12.3 Å². The Morgan fingerprint density at radius 3 is 2.82 bits per heavy atom. The van der Waals surface area contributed by atoms with Crippen molar-refractivity contribution >= 4 is 27.8 Å². The van der Waals surface area contributed by atoms with E-state index in [-0.39, 0.29) is 12.2 Å². The van der Waals surface area contributed by atoms with E-state index in [1.54, 1.807) is 0 Å². The highest BCUT2D eigenvalue weighted by molar-refractivity contribution is 9.10. The molecule has 1 aromatic heterocycles. The molecular weight excluding hydrogens is 352 g/mol. The van der Waals surface area contributed by atoms with Gasteiger partial charge >= 0.3 is 5.97 Å². The van der Waals surface area contributed by atoms with Crippen LogP contribution < -0.4 is 0 Å². The van der Waals surface area contributed by atoms with Crippen LogP contribution in [0.5, 0.6) is 0 Å². The van der Waals surface area contributed by atoms with Crippen molar-refractivity contribution in [3.8, 4) is 0 Å². The standard InChI is InChI=1S/C15H15BrN2O4/c1-2-12-14(17-9-22-12)15(21)18(8-13(19)20)7-10-4-3-5-11(16)6-10/h3-6,9H,2,7-8H2,1H3,(H,19,20). The molecule has 0 unspecified atom stereocenters. The van der Waals surface area contributed by atoms with Crippen molar-refractivity contribution in [2.24, 2.45) is 0 Å². The SMILES string of the molecule is CCc1ocnc1C(=O)N(CC(=O)O)Cc1cccc(Br)c1. The fourth-order valence-corrected chi connectivity index (χ4v) is 2.51. The van der Waals surface area contributed by atoms with Crippen molar-refractivity contribution in [3.05, 3.63) is 52.1 Å². The Balaban J connectivity index is 2.26. The fraction of sp³-hybridized carbons (Fsp3) is 0.267. The molecule has 1 heterocycles. The Kier molecular flexibility index (Phi) is 5.32. The zero-order valence-corrected chi connectivity index (χ0v) is 13.5. The normalized spacial score (nSPS) is 10.5. The molecule has 0 saturated carbocycles. The van der Waals surface area contributed by atoms with E-state index in [2.05, 4.69) is 20.9 Å². The Hall–Kier alpha value is -2.15. The van der Waals surface area contributed by atoms with Gasteiger partial charge in [-0.25, -0.2) is 4.98 Å². The number of carboxylic acid groups (broad SMARTS) is 1. The largest absolute Gasteiger partial charge is 0.480 e. The first-order chi connectivity index (χ1) is 10.5. The monoisotopic (exact) mass is 366 g/mol. The van der Waals surface area contributed by atoms with Gasteiger partial charge in [0.25, 0.3) is 5.91 Å². The maximum absolute atomic E-state index is 12.5. The van der Waals surface area contributed by atoms with E-state index in [0.29, 0.717) is 12.2 Å². The van der Waals surface area contributed by atoms with Crippen LogP contribution in [-0.2, 0) is 17.8 Å². The number of oxazole rings is 1. The maximum Gasteiger partial charge on any atom is 0.323 e. The van der Waals surface area contributed by atoms with Gasteiger partial charge in [0.2, 0.25) is 0 Å². The quantitative estimate of drug-likeness (QED) is 0.849. The zero-order chi connectivity index (χ0) is 16.1. The molecule has 0 bridgehead atoms. The van der Waals surface area contributed by atoms with Gasteiger partial charge in [0, 0.05) is 17.4 Å². The van der Waals surface area contributed by atoms with Crippen LogP contribution in [0.2, 0.25) is 0 Å². The van der Waals surface area contributed by atoms with Crippen molar-refractivity contribution in [2.75, 3.05) is 6.54 Å². The van der Waals surface area contributed by atoms with Gasteiger partial charge in [-0.1, -0.05) is 35.0 Å². The Morgan fingerprint density at radius 2 is 2.18 bits per heavy atom. The van der Waals surface area contributed by atoms with E-state index in [9.17, 15) is 9.59 Å². The molecule has 1 aromatic carbocycles. The third kappa shape index (κ3) is 3.94. The lowest BCUT2D eigenvalue weighted by molar-refractivity contribution is -0.137. The van der Waals surface area contributed by atoms with Crippen LogP contribution in [0.4, 0.5) is 0 Å². The van der Waals surface area contributed by atoms with Gasteiger partial charge < -0.3 is 14.4 Å². The van der Waals surface area contributed by atoms with Gasteiger partial charge in [0.15, 0.2) is 12.1 Å². The molecule has 0 radical (unpaired) electrons. The molecule has 116 valence electrons. The third-order valence-electron chi connectivity index (χ3n) is 3.04. The molecule has 0 fully saturated rings. The van der Waals surface area contributed by atoms with Gasteiger partial charge in [-0.05, 0) is 17.7 Å². The summed E-state index contributed by atoms with van der Waals surface area (Å²) in [4.78, 5) is 28.7. The number of carbonyl (C=O) groups excluding carboxylic acids is 1. The van der Waals surface area contributed by atoms with E-state index in [4.69, 9.17) is 9.52 Å². The van der Waals surface area contributed by atoms with Crippen molar-refractivity contribution in [1.29, 1.82) is 0 Å². The van der Waals surface area contributed by atoms with Crippen molar-refractivity contribution in [1.82, 2.24) is 9.88 Å². The summed E-state index contributed by atoms with van der Waals surface area (Å²) in [5.74, 6) is -1.08. The number of aryl methyl sites for hydroxylation is 1. The summed E-state index contributed by atoms with van der Waals surface area (Å²) in [6.07, 6.45) is 1.71. The molecule has 22 heavy (non-hydrogen) atoms. The molecular formula is C15H15BrN2O4. The Labute approximate surface area is 135 Å². The van der Waals surface area contributed by atoms with Crippen molar-refractivity contribution in [3.63, 3.8) is 0 Å². The predicted octanol–water partition coefficient (Wildman–Crippen LogP) is 2.73. The lowest BCUT2D eigenvalue weighted by Gasteiger charge is -2.20. The highest BCUT2D eigenvalue weighted by Gasteiger charge is 2.24. The number of carbonyl (C=O) groups is 2. The van der Waals surface area contributed by atoms with Gasteiger partial charge in [0.05, 0.1) is 0 Å². The first kappa shape index (κ1) is 16.2. The average Bonchev–Trinajstić information content (AvgIpc) is 2.93. The first-order valence-corrected chi connectivity index (χ1v) is 7.48. The first-order valence-electron chi connectivity index (χ1n) is 6.69. The Bertz CT molecular complexity index is 684. The second-order valence-corrected chi connectivity index (χ2v) is 5.58. The highest BCUT2D eigenvalue weighted by Crippen LogP contribution is 2.16. The molecule has 7 heteroatoms. The van der Waals surface area contributed by atoms with Crippen LogP contribution in [0.1, 0.15) is 28.7 Å². The highest BCUT2D eigenvalue weighted by atomic mass is 79.9. The number of halogens is 1.